The van der Waals surface area contributed by atoms with Gasteiger partial charge in [-0.2, -0.15) is 24.9 Å². The molecule has 2 rings (SSSR count). The largest absolute Gasteiger partial charge is 0.480 e. The van der Waals surface area contributed by atoms with Gasteiger partial charge in [-0.3, -0.25) is 9.78 Å². The van der Waals surface area contributed by atoms with Crippen molar-refractivity contribution in [3.05, 3.63) is 30.2 Å². The molecule has 0 aliphatic carbocycles. The minimum Gasteiger partial charge on any atom is -0.480 e. The molecule has 5 N–H and O–H groups in total. The molecule has 0 aromatic carbocycles. The van der Waals surface area contributed by atoms with Crippen molar-refractivity contribution in [3.63, 3.8) is 0 Å². The zero-order chi connectivity index (χ0) is 18.7. The Morgan fingerprint density at radius 3 is 2.76 bits per heavy atom. The Bertz CT molecular complexity index is 737. The number of nitrogens with zero attached hydrogens (tertiary/aromatic N) is 1. The molecule has 2 unspecified atom stereocenters. The van der Waals surface area contributed by atoms with Gasteiger partial charge in [0.1, 0.15) is 6.04 Å². The van der Waals surface area contributed by atoms with E-state index in [-0.39, 0.29) is 17.9 Å². The molecule has 0 saturated heterocycles. The molecule has 25 heavy (non-hydrogen) atoms. The van der Waals surface area contributed by atoms with Gasteiger partial charge in [0.2, 0.25) is 5.60 Å². The summed E-state index contributed by atoms with van der Waals surface area (Å²) in [7, 11) is 0. The molecule has 2 aromatic rings. The van der Waals surface area contributed by atoms with Crippen LogP contribution in [0.5, 0.6) is 0 Å². The first-order valence-electron chi connectivity index (χ1n) is 7.44. The summed E-state index contributed by atoms with van der Waals surface area (Å²) in [6.45, 7) is 0. The Balaban J connectivity index is 2.06. The molecular weight excluding hydrogens is 359 g/mol. The lowest BCUT2D eigenvalue weighted by Gasteiger charge is -2.30. The maximum atomic E-state index is 13.5. The van der Waals surface area contributed by atoms with Crippen molar-refractivity contribution in [2.24, 2.45) is 5.73 Å². The van der Waals surface area contributed by atoms with E-state index in [0.717, 1.165) is 11.8 Å². The van der Waals surface area contributed by atoms with Gasteiger partial charge in [0, 0.05) is 11.6 Å². The number of nitrogens with one attached hydrogen (secondary N) is 1. The van der Waals surface area contributed by atoms with E-state index in [9.17, 15) is 23.1 Å². The summed E-state index contributed by atoms with van der Waals surface area (Å²) in [4.78, 5) is 17.2. The lowest BCUT2D eigenvalue weighted by molar-refractivity contribution is -0.268. The van der Waals surface area contributed by atoms with E-state index in [4.69, 9.17) is 10.8 Å². The fraction of sp³-hybridized carbons (Fsp3) is 0.467. The number of halogens is 3. The number of aliphatic carboxylic acids is 1. The summed E-state index contributed by atoms with van der Waals surface area (Å²) in [5.74, 6) is -0.891. The first-order chi connectivity index (χ1) is 11.6. The number of pyridine rings is 1. The predicted molar refractivity (Wildman–Crippen MR) is 88.2 cm³/mol. The predicted octanol–water partition coefficient (Wildman–Crippen LogP) is 2.24. The molecule has 0 fully saturated rings. The van der Waals surface area contributed by atoms with Gasteiger partial charge in [-0.15, -0.1) is 0 Å². The molecule has 0 bridgehead atoms. The van der Waals surface area contributed by atoms with Gasteiger partial charge >= 0.3 is 12.1 Å². The fourth-order valence-electron chi connectivity index (χ4n) is 2.25. The van der Waals surface area contributed by atoms with Crippen molar-refractivity contribution in [3.8, 4) is 0 Å². The number of carboxylic acids is 1. The molecule has 0 amide bonds. The van der Waals surface area contributed by atoms with E-state index in [0.29, 0.717) is 10.9 Å². The Hall–Kier alpha value is -1.78. The van der Waals surface area contributed by atoms with E-state index in [2.05, 4.69) is 9.97 Å². The van der Waals surface area contributed by atoms with Crippen LogP contribution in [-0.2, 0) is 10.4 Å². The lowest BCUT2D eigenvalue weighted by Crippen LogP contribution is -2.43. The van der Waals surface area contributed by atoms with Gasteiger partial charge in [0.05, 0.1) is 17.4 Å². The number of hydrogen-bond acceptors (Lipinski definition) is 5. The second kappa shape index (κ2) is 7.63. The van der Waals surface area contributed by atoms with Crippen LogP contribution in [0.2, 0.25) is 0 Å². The molecule has 0 aliphatic heterocycles. The second-order valence-electron chi connectivity index (χ2n) is 5.59. The van der Waals surface area contributed by atoms with E-state index >= 15 is 0 Å². The second-order valence-corrected chi connectivity index (χ2v) is 6.81. The SMILES string of the molecule is NC(CCSCCC(O)(c1cc2cc[nH]c2cn1)C(F)(F)F)C(=O)O. The quantitative estimate of drug-likeness (QED) is 0.525. The summed E-state index contributed by atoms with van der Waals surface area (Å²) in [5.41, 5.74) is 2.37. The maximum absolute atomic E-state index is 13.5. The summed E-state index contributed by atoms with van der Waals surface area (Å²) in [5, 5.41) is 19.5. The summed E-state index contributed by atoms with van der Waals surface area (Å²) in [6, 6.07) is 1.76. The molecule has 138 valence electrons. The Kier molecular flexibility index (Phi) is 5.96. The maximum Gasteiger partial charge on any atom is 0.423 e. The average molecular weight is 377 g/mol. The van der Waals surface area contributed by atoms with Crippen molar-refractivity contribution in [2.45, 2.75) is 30.7 Å². The number of carbonyl (C=O) groups is 1. The van der Waals surface area contributed by atoms with Crippen LogP contribution in [0.15, 0.2) is 24.5 Å². The highest BCUT2D eigenvalue weighted by atomic mass is 32.2. The van der Waals surface area contributed by atoms with Crippen LogP contribution in [0, 0.1) is 0 Å². The number of hydrogen-bond donors (Lipinski definition) is 4. The lowest BCUT2D eigenvalue weighted by atomic mass is 9.94. The van der Waals surface area contributed by atoms with E-state index in [1.807, 2.05) is 0 Å². The van der Waals surface area contributed by atoms with Crippen LogP contribution in [0.4, 0.5) is 13.2 Å². The van der Waals surface area contributed by atoms with Crippen molar-refractivity contribution < 1.29 is 28.2 Å². The minimum atomic E-state index is -4.89. The van der Waals surface area contributed by atoms with Crippen LogP contribution < -0.4 is 5.73 Å². The van der Waals surface area contributed by atoms with Crippen LogP contribution in [0.1, 0.15) is 18.5 Å². The zero-order valence-electron chi connectivity index (χ0n) is 13.1. The molecule has 0 spiro atoms. The fourth-order valence-corrected chi connectivity index (χ4v) is 3.31. The number of nitrogens with two attached hydrogens (primary N) is 1. The molecule has 0 radical (unpaired) electrons. The van der Waals surface area contributed by atoms with Gasteiger partial charge in [-0.1, -0.05) is 0 Å². The smallest absolute Gasteiger partial charge is 0.423 e. The highest BCUT2D eigenvalue weighted by Crippen LogP contribution is 2.42. The van der Waals surface area contributed by atoms with Gasteiger partial charge in [-0.25, -0.2) is 0 Å². The first kappa shape index (κ1) is 19.5. The molecule has 10 heteroatoms. The number of alkyl halides is 3. The highest BCUT2D eigenvalue weighted by molar-refractivity contribution is 7.99. The zero-order valence-corrected chi connectivity index (χ0v) is 13.9. The molecule has 2 atom stereocenters. The first-order valence-corrected chi connectivity index (χ1v) is 8.59. The molecule has 2 aromatic heterocycles. The molecule has 2 heterocycles. The number of aromatic amines is 1. The average Bonchev–Trinajstić information content (AvgIpc) is 3.00. The summed E-state index contributed by atoms with van der Waals surface area (Å²) in [6.07, 6.45) is -2.52. The molecule has 0 aliphatic rings. The van der Waals surface area contributed by atoms with E-state index < -0.39 is 35.9 Å². The number of carboxylic acid groups (broad SMARTS) is 1. The number of thioether (sulfide) groups is 1. The normalized spacial score (nSPS) is 15.9. The molecule has 6 nitrogen and oxygen atoms in total. The topological polar surface area (TPSA) is 112 Å². The van der Waals surface area contributed by atoms with Crippen molar-refractivity contribution in [1.29, 1.82) is 0 Å². The number of fused-ring (bicyclic) bond motifs is 1. The summed E-state index contributed by atoms with van der Waals surface area (Å²) >= 11 is 1.10. The third-order valence-corrected chi connectivity index (χ3v) is 4.85. The highest BCUT2D eigenvalue weighted by Gasteiger charge is 2.55. The number of aliphatic hydroxyl groups is 1. The van der Waals surface area contributed by atoms with Crippen molar-refractivity contribution in [2.75, 3.05) is 11.5 Å². The molecular formula is C15H18F3N3O3S. The van der Waals surface area contributed by atoms with Crippen LogP contribution >= 0.6 is 11.8 Å². The number of aromatic nitrogens is 2. The number of rotatable bonds is 8. The van der Waals surface area contributed by atoms with Gasteiger partial charge in [-0.05, 0) is 36.5 Å². The van der Waals surface area contributed by atoms with Crippen LogP contribution in [0.3, 0.4) is 0 Å². The Labute approximate surface area is 145 Å². The van der Waals surface area contributed by atoms with Crippen molar-refractivity contribution in [1.82, 2.24) is 9.97 Å². The van der Waals surface area contributed by atoms with E-state index in [1.165, 1.54) is 12.3 Å². The summed E-state index contributed by atoms with van der Waals surface area (Å²) < 4.78 is 40.4. The third-order valence-electron chi connectivity index (χ3n) is 3.83. The van der Waals surface area contributed by atoms with Crippen LogP contribution in [-0.4, -0.2) is 49.9 Å². The van der Waals surface area contributed by atoms with Gasteiger partial charge in [0.15, 0.2) is 0 Å². The third kappa shape index (κ3) is 4.44. The van der Waals surface area contributed by atoms with Gasteiger partial charge in [0.25, 0.3) is 0 Å². The van der Waals surface area contributed by atoms with Gasteiger partial charge < -0.3 is 20.9 Å². The van der Waals surface area contributed by atoms with Crippen LogP contribution in [0.25, 0.3) is 10.9 Å². The monoisotopic (exact) mass is 377 g/mol. The number of H-pyrrole nitrogens is 1. The molecule has 0 saturated carbocycles. The Morgan fingerprint density at radius 2 is 2.12 bits per heavy atom. The minimum absolute atomic E-state index is 0.0186. The van der Waals surface area contributed by atoms with E-state index in [1.54, 1.807) is 12.3 Å². The van der Waals surface area contributed by atoms with Crippen molar-refractivity contribution >= 4 is 28.6 Å². The standard InChI is InChI=1S/C15H18F3N3O3S/c16-15(17,18)14(24,3-6-25-5-2-10(19)13(22)23)12-7-9-1-4-20-11(9)8-21-12/h1,4,7-8,10,20,24H,2-3,5-6,19H2,(H,22,23). The Morgan fingerprint density at radius 1 is 1.40 bits per heavy atom.